The Morgan fingerprint density at radius 1 is 1.00 bits per heavy atom. The van der Waals surface area contributed by atoms with Crippen LogP contribution in [-0.2, 0) is 4.43 Å². The van der Waals surface area contributed by atoms with Gasteiger partial charge < -0.3 is 15.1 Å². The highest BCUT2D eigenvalue weighted by atomic mass is 28.4. The molecule has 0 saturated carbocycles. The Morgan fingerprint density at radius 3 is 2.00 bits per heavy atom. The summed E-state index contributed by atoms with van der Waals surface area (Å²) in [5.41, 5.74) is 0. The van der Waals surface area contributed by atoms with Crippen LogP contribution in [0.2, 0.25) is 5.04 Å². The number of piperazine rings is 1. The highest BCUT2D eigenvalue weighted by Gasteiger charge is 2.51. The van der Waals surface area contributed by atoms with E-state index in [1.165, 1.54) is 10.4 Å². The van der Waals surface area contributed by atoms with Gasteiger partial charge in [-0.1, -0.05) is 81.4 Å². The van der Waals surface area contributed by atoms with E-state index in [2.05, 4.69) is 79.9 Å². The predicted molar refractivity (Wildman–Crippen MR) is 118 cm³/mol. The fourth-order valence-electron chi connectivity index (χ4n) is 4.28. The van der Waals surface area contributed by atoms with Gasteiger partial charge in [-0.05, 0) is 21.8 Å². The molecule has 28 heavy (non-hydrogen) atoms. The summed E-state index contributed by atoms with van der Waals surface area (Å²) < 4.78 is 21.1. The summed E-state index contributed by atoms with van der Waals surface area (Å²) in [4.78, 5) is 0. The summed E-state index contributed by atoms with van der Waals surface area (Å²) >= 11 is 0. The molecular formula is C23H33FN2OSi. The lowest BCUT2D eigenvalue weighted by Gasteiger charge is -2.45. The third kappa shape index (κ3) is 4.54. The van der Waals surface area contributed by atoms with Gasteiger partial charge in [0.05, 0.1) is 6.10 Å². The second kappa shape index (κ2) is 9.31. The molecule has 2 aromatic rings. The van der Waals surface area contributed by atoms with Gasteiger partial charge in [0.2, 0.25) is 0 Å². The van der Waals surface area contributed by atoms with Crippen molar-refractivity contribution in [3.63, 3.8) is 0 Å². The highest BCUT2D eigenvalue weighted by molar-refractivity contribution is 6.99. The SMILES string of the molecule is CC(C)(C)[Si](OC(CF)CC1CNCCN1)(c1ccccc1)c1ccccc1. The summed E-state index contributed by atoms with van der Waals surface area (Å²) in [6, 6.07) is 21.2. The third-order valence-corrected chi connectivity index (χ3v) is 10.7. The smallest absolute Gasteiger partial charge is 0.261 e. The van der Waals surface area contributed by atoms with E-state index in [0.29, 0.717) is 6.42 Å². The number of hydrogen-bond acceptors (Lipinski definition) is 3. The van der Waals surface area contributed by atoms with E-state index in [0.717, 1.165) is 19.6 Å². The maximum Gasteiger partial charge on any atom is 0.261 e. The fourth-order valence-corrected chi connectivity index (χ4v) is 8.96. The molecule has 0 bridgehead atoms. The lowest BCUT2D eigenvalue weighted by Crippen LogP contribution is -2.68. The summed E-state index contributed by atoms with van der Waals surface area (Å²) in [5, 5.41) is 9.14. The van der Waals surface area contributed by atoms with E-state index < -0.39 is 21.1 Å². The number of hydrogen-bond donors (Lipinski definition) is 2. The molecule has 1 heterocycles. The van der Waals surface area contributed by atoms with E-state index in [4.69, 9.17) is 4.43 Å². The van der Waals surface area contributed by atoms with Gasteiger partial charge in [-0.15, -0.1) is 0 Å². The van der Waals surface area contributed by atoms with E-state index >= 15 is 0 Å². The maximum atomic E-state index is 14.2. The van der Waals surface area contributed by atoms with Crippen LogP contribution in [0.15, 0.2) is 60.7 Å². The zero-order chi connectivity index (χ0) is 20.0. The number of nitrogens with one attached hydrogen (secondary N) is 2. The third-order valence-electron chi connectivity index (χ3n) is 5.61. The van der Waals surface area contributed by atoms with Crippen LogP contribution in [0.1, 0.15) is 27.2 Å². The number of benzene rings is 2. The van der Waals surface area contributed by atoms with E-state index in [1.54, 1.807) is 0 Å². The minimum absolute atomic E-state index is 0.138. The Morgan fingerprint density at radius 2 is 1.57 bits per heavy atom. The molecular weight excluding hydrogens is 367 g/mol. The molecule has 2 N–H and O–H groups in total. The topological polar surface area (TPSA) is 33.3 Å². The first kappa shape index (κ1) is 21.2. The lowest BCUT2D eigenvalue weighted by atomic mass is 10.1. The Labute approximate surface area is 169 Å². The van der Waals surface area contributed by atoms with Gasteiger partial charge in [-0.25, -0.2) is 4.39 Å². The molecule has 0 amide bonds. The zero-order valence-corrected chi connectivity index (χ0v) is 18.2. The minimum Gasteiger partial charge on any atom is -0.402 e. The van der Waals surface area contributed by atoms with E-state index in [-0.39, 0.29) is 11.1 Å². The van der Waals surface area contributed by atoms with Gasteiger partial charge in [0.15, 0.2) is 0 Å². The summed E-state index contributed by atoms with van der Waals surface area (Å²) in [7, 11) is -2.71. The molecule has 2 unspecified atom stereocenters. The summed E-state index contributed by atoms with van der Waals surface area (Å²) in [6.07, 6.45) is 0.247. The van der Waals surface area contributed by atoms with Crippen molar-refractivity contribution < 1.29 is 8.82 Å². The number of halogens is 1. The first-order valence-electron chi connectivity index (χ1n) is 10.3. The van der Waals surface area contributed by atoms with E-state index in [9.17, 15) is 4.39 Å². The Bertz CT molecular complexity index is 675. The van der Waals surface area contributed by atoms with Gasteiger partial charge in [-0.3, -0.25) is 0 Å². The zero-order valence-electron chi connectivity index (χ0n) is 17.2. The van der Waals surface area contributed by atoms with Crippen LogP contribution in [0.4, 0.5) is 4.39 Å². The summed E-state index contributed by atoms with van der Waals surface area (Å²) in [5.74, 6) is 0. The molecule has 1 fully saturated rings. The van der Waals surface area contributed by atoms with Crippen LogP contribution in [0.3, 0.4) is 0 Å². The van der Waals surface area contributed by atoms with Crippen molar-refractivity contribution in [2.24, 2.45) is 0 Å². The average Bonchev–Trinajstić information content (AvgIpc) is 2.72. The highest BCUT2D eigenvalue weighted by Crippen LogP contribution is 2.38. The molecule has 3 rings (SSSR count). The van der Waals surface area contributed by atoms with Crippen molar-refractivity contribution in [2.75, 3.05) is 26.3 Å². The summed E-state index contributed by atoms with van der Waals surface area (Å²) in [6.45, 7) is 8.97. The Balaban J connectivity index is 2.02. The van der Waals surface area contributed by atoms with Gasteiger partial charge in [0.25, 0.3) is 8.32 Å². The van der Waals surface area contributed by atoms with Crippen molar-refractivity contribution in [3.05, 3.63) is 60.7 Å². The van der Waals surface area contributed by atoms with Crippen LogP contribution in [0, 0.1) is 0 Å². The van der Waals surface area contributed by atoms with Gasteiger partial charge in [0.1, 0.15) is 6.67 Å². The Hall–Kier alpha value is -1.53. The van der Waals surface area contributed by atoms with Crippen molar-refractivity contribution >= 4 is 18.7 Å². The molecule has 5 heteroatoms. The van der Waals surface area contributed by atoms with Gasteiger partial charge in [0, 0.05) is 25.7 Å². The van der Waals surface area contributed by atoms with Crippen LogP contribution < -0.4 is 21.0 Å². The lowest BCUT2D eigenvalue weighted by molar-refractivity contribution is 0.128. The molecule has 0 aromatic heterocycles. The van der Waals surface area contributed by atoms with Crippen LogP contribution >= 0.6 is 0 Å². The predicted octanol–water partition coefficient (Wildman–Crippen LogP) is 2.85. The normalized spacial score (nSPS) is 19.4. The van der Waals surface area contributed by atoms with Crippen molar-refractivity contribution in [3.8, 4) is 0 Å². The molecule has 0 spiro atoms. The molecule has 2 aromatic carbocycles. The number of rotatable bonds is 7. The van der Waals surface area contributed by atoms with Crippen molar-refractivity contribution in [1.29, 1.82) is 0 Å². The van der Waals surface area contributed by atoms with Crippen molar-refractivity contribution in [1.82, 2.24) is 10.6 Å². The number of alkyl halides is 1. The molecule has 1 saturated heterocycles. The van der Waals surface area contributed by atoms with Crippen molar-refractivity contribution in [2.45, 2.75) is 44.4 Å². The van der Waals surface area contributed by atoms with Gasteiger partial charge >= 0.3 is 0 Å². The largest absolute Gasteiger partial charge is 0.402 e. The van der Waals surface area contributed by atoms with Crippen LogP contribution in [-0.4, -0.2) is 46.8 Å². The first-order valence-corrected chi connectivity index (χ1v) is 12.2. The maximum absolute atomic E-state index is 14.2. The molecule has 1 aliphatic heterocycles. The second-order valence-corrected chi connectivity index (χ2v) is 12.9. The van der Waals surface area contributed by atoms with Crippen LogP contribution in [0.5, 0.6) is 0 Å². The molecule has 1 aliphatic rings. The van der Waals surface area contributed by atoms with Gasteiger partial charge in [-0.2, -0.15) is 0 Å². The van der Waals surface area contributed by atoms with Crippen LogP contribution in [0.25, 0.3) is 0 Å². The monoisotopic (exact) mass is 400 g/mol. The molecule has 3 nitrogen and oxygen atoms in total. The fraction of sp³-hybridized carbons (Fsp3) is 0.478. The van der Waals surface area contributed by atoms with E-state index in [1.807, 2.05) is 12.1 Å². The average molecular weight is 401 g/mol. The molecule has 0 aliphatic carbocycles. The molecule has 2 atom stereocenters. The first-order chi connectivity index (χ1) is 13.5. The minimum atomic E-state index is -2.71. The standard InChI is InChI=1S/C23H33FN2OSi/c1-23(2,3)28(21-10-6-4-7-11-21,22-12-8-5-9-13-22)27-20(17-24)16-19-18-25-14-15-26-19/h4-13,19-20,25-26H,14-18H2,1-3H3. The molecule has 0 radical (unpaired) electrons. The Kier molecular flexibility index (Phi) is 7.04. The quantitative estimate of drug-likeness (QED) is 0.701. The second-order valence-electron chi connectivity index (χ2n) is 8.65. The molecule has 152 valence electrons.